The molecule has 1 atom stereocenters. The number of hydrogen-bond acceptors (Lipinski definition) is 6. The fraction of sp³-hybridized carbons (Fsp3) is 0.517. The second kappa shape index (κ2) is 13.5. The van der Waals surface area contributed by atoms with Crippen molar-refractivity contribution >= 4 is 29.2 Å². The maximum atomic E-state index is 12.6. The summed E-state index contributed by atoms with van der Waals surface area (Å²) in [4.78, 5) is 41.6. The maximum absolute atomic E-state index is 12.6. The van der Waals surface area contributed by atoms with E-state index in [1.54, 1.807) is 18.3 Å². The molecule has 0 saturated carbocycles. The second-order valence-corrected chi connectivity index (χ2v) is 10.6. The molecule has 3 amide bonds. The minimum absolute atomic E-state index is 0.0559. The van der Waals surface area contributed by atoms with E-state index in [9.17, 15) is 14.4 Å². The zero-order valence-electron chi connectivity index (χ0n) is 22.3. The summed E-state index contributed by atoms with van der Waals surface area (Å²) in [6.45, 7) is 6.01. The van der Waals surface area contributed by atoms with Crippen LogP contribution < -0.4 is 26.6 Å². The van der Waals surface area contributed by atoms with Gasteiger partial charge >= 0.3 is 0 Å². The van der Waals surface area contributed by atoms with Crippen molar-refractivity contribution in [3.8, 4) is 0 Å². The van der Waals surface area contributed by atoms with Gasteiger partial charge in [0, 0.05) is 23.2 Å². The summed E-state index contributed by atoms with van der Waals surface area (Å²) in [6.07, 6.45) is 8.66. The van der Waals surface area contributed by atoms with Gasteiger partial charge in [-0.25, -0.2) is 4.98 Å². The van der Waals surface area contributed by atoms with Crippen molar-refractivity contribution in [1.82, 2.24) is 20.9 Å². The molecule has 2 fully saturated rings. The van der Waals surface area contributed by atoms with E-state index in [2.05, 4.69) is 31.6 Å². The first kappa shape index (κ1) is 27.7. The van der Waals surface area contributed by atoms with Crippen molar-refractivity contribution in [2.75, 3.05) is 43.4 Å². The summed E-state index contributed by atoms with van der Waals surface area (Å²) in [5.74, 6) is -0.0208. The molecule has 0 spiro atoms. The van der Waals surface area contributed by atoms with Crippen molar-refractivity contribution in [3.63, 3.8) is 0 Å². The van der Waals surface area contributed by atoms with E-state index < -0.39 is 5.41 Å². The van der Waals surface area contributed by atoms with Crippen LogP contribution in [0.15, 0.2) is 42.6 Å². The minimum atomic E-state index is -0.427. The van der Waals surface area contributed by atoms with Crippen LogP contribution in [0, 0.1) is 11.3 Å². The normalized spacial score (nSPS) is 19.8. The lowest BCUT2D eigenvalue weighted by molar-refractivity contribution is -0.133. The number of rotatable bonds is 6. The summed E-state index contributed by atoms with van der Waals surface area (Å²) in [6, 6.07) is 11.1. The number of benzene rings is 1. The standard InChI is InChI=1S/C24H29N5O3.C5H11N/c1-24(7-10-25-11-8-24)23(32)27-15-21(30)28-19-6-5-16-12-18(13-17(16)14-19)22(31)29-20-4-2-3-9-26-20;1-2-4-6-5-3-1/h2-6,9,14,18,25H,7-8,10-13,15H2,1H3,(H,27,32)(H,28,30)(H,26,29,31);6H,1-5H2/t18-;/m1./s1. The lowest BCUT2D eigenvalue weighted by Gasteiger charge is -2.32. The van der Waals surface area contributed by atoms with Crippen LogP contribution in [0.2, 0.25) is 0 Å². The van der Waals surface area contributed by atoms with Crippen LogP contribution in [-0.2, 0) is 27.2 Å². The molecule has 5 N–H and O–H groups in total. The summed E-state index contributed by atoms with van der Waals surface area (Å²) in [5, 5.41) is 15.0. The van der Waals surface area contributed by atoms with Crippen molar-refractivity contribution in [3.05, 3.63) is 53.7 Å². The third kappa shape index (κ3) is 7.85. The first-order chi connectivity index (χ1) is 18.4. The number of aromatic nitrogens is 1. The average Bonchev–Trinajstić information content (AvgIpc) is 3.38. The molecule has 0 unspecified atom stereocenters. The van der Waals surface area contributed by atoms with Crippen molar-refractivity contribution in [2.24, 2.45) is 11.3 Å². The van der Waals surface area contributed by atoms with Gasteiger partial charge in [0.25, 0.3) is 0 Å². The van der Waals surface area contributed by atoms with Crippen molar-refractivity contribution in [1.29, 1.82) is 0 Å². The van der Waals surface area contributed by atoms with Crippen LogP contribution in [0.3, 0.4) is 0 Å². The van der Waals surface area contributed by atoms with Crippen LogP contribution in [0.25, 0.3) is 0 Å². The molecule has 1 aromatic carbocycles. The van der Waals surface area contributed by atoms with Crippen LogP contribution in [0.4, 0.5) is 11.5 Å². The number of carbonyl (C=O) groups is 3. The van der Waals surface area contributed by atoms with Crippen LogP contribution >= 0.6 is 0 Å². The Morgan fingerprint density at radius 2 is 1.66 bits per heavy atom. The fourth-order valence-electron chi connectivity index (χ4n) is 5.13. The SMILES string of the molecule is C1CCNCC1.CC1(C(=O)NCC(=O)Nc2ccc3c(c2)C[C@H](C(=O)Nc2ccccn2)C3)CCNCC1. The Morgan fingerprint density at radius 3 is 2.32 bits per heavy atom. The highest BCUT2D eigenvalue weighted by molar-refractivity contribution is 5.96. The van der Waals surface area contributed by atoms with Gasteiger partial charge in [-0.15, -0.1) is 0 Å². The molecule has 3 aliphatic rings. The number of amides is 3. The smallest absolute Gasteiger partial charge is 0.243 e. The van der Waals surface area contributed by atoms with E-state index in [-0.39, 0.29) is 30.2 Å². The van der Waals surface area contributed by atoms with E-state index in [1.165, 1.54) is 32.4 Å². The van der Waals surface area contributed by atoms with Gasteiger partial charge in [-0.3, -0.25) is 14.4 Å². The number of pyridine rings is 1. The molecule has 9 heteroatoms. The zero-order chi connectivity index (χ0) is 26.8. The molecule has 2 aliphatic heterocycles. The van der Waals surface area contributed by atoms with Gasteiger partial charge in [0.1, 0.15) is 5.82 Å². The van der Waals surface area contributed by atoms with E-state index in [0.717, 1.165) is 37.1 Å². The Hall–Kier alpha value is -3.30. The van der Waals surface area contributed by atoms with E-state index in [4.69, 9.17) is 0 Å². The lowest BCUT2D eigenvalue weighted by Crippen LogP contribution is -2.47. The summed E-state index contributed by atoms with van der Waals surface area (Å²) < 4.78 is 0. The van der Waals surface area contributed by atoms with E-state index in [0.29, 0.717) is 24.3 Å². The number of nitrogens with one attached hydrogen (secondary N) is 5. The predicted octanol–water partition coefficient (Wildman–Crippen LogP) is 2.64. The molecule has 1 aliphatic carbocycles. The maximum Gasteiger partial charge on any atom is 0.243 e. The molecule has 0 radical (unpaired) electrons. The van der Waals surface area contributed by atoms with Gasteiger partial charge in [-0.2, -0.15) is 0 Å². The largest absolute Gasteiger partial charge is 0.347 e. The molecule has 1 aromatic heterocycles. The predicted molar refractivity (Wildman–Crippen MR) is 149 cm³/mol. The number of hydrogen-bond donors (Lipinski definition) is 5. The van der Waals surface area contributed by atoms with Crippen molar-refractivity contribution in [2.45, 2.75) is 51.9 Å². The second-order valence-electron chi connectivity index (χ2n) is 10.6. The molecule has 38 heavy (non-hydrogen) atoms. The number of fused-ring (bicyclic) bond motifs is 1. The summed E-state index contributed by atoms with van der Waals surface area (Å²) in [7, 11) is 0. The van der Waals surface area contributed by atoms with Gasteiger partial charge in [0.15, 0.2) is 0 Å². The third-order valence-electron chi connectivity index (χ3n) is 7.58. The summed E-state index contributed by atoms with van der Waals surface area (Å²) in [5.41, 5.74) is 2.40. The van der Waals surface area contributed by atoms with Gasteiger partial charge in [-0.05, 0) is 100 Å². The van der Waals surface area contributed by atoms with Gasteiger partial charge in [-0.1, -0.05) is 25.5 Å². The van der Waals surface area contributed by atoms with Gasteiger partial charge < -0.3 is 26.6 Å². The highest BCUT2D eigenvalue weighted by atomic mass is 16.2. The Bertz CT molecular complexity index is 1090. The molecule has 3 heterocycles. The molecular formula is C29H40N6O3. The first-order valence-corrected chi connectivity index (χ1v) is 13.8. The number of carbonyl (C=O) groups excluding carboxylic acids is 3. The molecule has 0 bridgehead atoms. The quantitative estimate of drug-likeness (QED) is 0.399. The highest BCUT2D eigenvalue weighted by Gasteiger charge is 2.34. The molecule has 2 aromatic rings. The minimum Gasteiger partial charge on any atom is -0.347 e. The Morgan fingerprint density at radius 1 is 0.921 bits per heavy atom. The Kier molecular flexibility index (Phi) is 9.84. The van der Waals surface area contributed by atoms with Crippen LogP contribution in [-0.4, -0.2) is 55.4 Å². The summed E-state index contributed by atoms with van der Waals surface area (Å²) >= 11 is 0. The molecule has 204 valence electrons. The molecule has 2 saturated heterocycles. The zero-order valence-corrected chi connectivity index (χ0v) is 22.3. The lowest BCUT2D eigenvalue weighted by atomic mass is 9.80. The van der Waals surface area contributed by atoms with Crippen LogP contribution in [0.5, 0.6) is 0 Å². The number of piperidine rings is 2. The Balaban J connectivity index is 0.000000494. The number of nitrogens with zero attached hydrogens (tertiary/aromatic N) is 1. The topological polar surface area (TPSA) is 124 Å². The Labute approximate surface area is 224 Å². The van der Waals surface area contributed by atoms with E-state index in [1.807, 2.05) is 31.2 Å². The van der Waals surface area contributed by atoms with Gasteiger partial charge in [0.05, 0.1) is 6.54 Å². The number of anilines is 2. The van der Waals surface area contributed by atoms with Crippen LogP contribution in [0.1, 0.15) is 50.2 Å². The monoisotopic (exact) mass is 520 g/mol. The van der Waals surface area contributed by atoms with Gasteiger partial charge in [0.2, 0.25) is 17.7 Å². The first-order valence-electron chi connectivity index (χ1n) is 13.8. The molecular weight excluding hydrogens is 480 g/mol. The molecule has 5 rings (SSSR count). The molecule has 9 nitrogen and oxygen atoms in total. The fourth-order valence-corrected chi connectivity index (χ4v) is 5.13. The third-order valence-corrected chi connectivity index (χ3v) is 7.58. The highest BCUT2D eigenvalue weighted by Crippen LogP contribution is 2.30. The average molecular weight is 521 g/mol. The van der Waals surface area contributed by atoms with Crippen molar-refractivity contribution < 1.29 is 14.4 Å². The van der Waals surface area contributed by atoms with E-state index >= 15 is 0 Å².